The number of hydrogen-bond donors (Lipinski definition) is 2. The molecule has 2 aromatic rings. The van der Waals surface area contributed by atoms with Crippen LogP contribution >= 0.6 is 0 Å². The van der Waals surface area contributed by atoms with E-state index in [1.54, 1.807) is 12.1 Å². The summed E-state index contributed by atoms with van der Waals surface area (Å²) in [5.74, 6) is -0.578. The van der Waals surface area contributed by atoms with Gasteiger partial charge in [-0.25, -0.2) is 4.79 Å². The second-order valence-corrected chi connectivity index (χ2v) is 5.56. The van der Waals surface area contributed by atoms with E-state index in [4.69, 9.17) is 9.15 Å². The lowest BCUT2D eigenvalue weighted by Crippen LogP contribution is -2.25. The lowest BCUT2D eigenvalue weighted by molar-refractivity contribution is -0.149. The van der Waals surface area contributed by atoms with Crippen LogP contribution in [0.15, 0.2) is 46.3 Å². The van der Waals surface area contributed by atoms with Crippen LogP contribution in [0.25, 0.3) is 11.3 Å². The first kappa shape index (κ1) is 14.3. The second kappa shape index (κ2) is 4.66. The van der Waals surface area contributed by atoms with E-state index in [0.717, 1.165) is 22.6 Å². The smallest absolute Gasteiger partial charge is 0.378 e. The van der Waals surface area contributed by atoms with E-state index in [9.17, 15) is 15.0 Å². The average Bonchev–Trinajstić information content (AvgIpc) is 2.98. The first-order valence-corrected chi connectivity index (χ1v) is 6.87. The molecule has 2 heterocycles. The minimum absolute atomic E-state index is 0.474. The molecule has 1 aromatic carbocycles. The van der Waals surface area contributed by atoms with Gasteiger partial charge in [-0.05, 0) is 38.5 Å². The molecule has 3 rings (SSSR count). The summed E-state index contributed by atoms with van der Waals surface area (Å²) in [6.07, 6.45) is 0. The normalized spacial score (nSPS) is 21.3. The molecule has 0 fully saturated rings. The topological polar surface area (TPSA) is 79.9 Å². The highest BCUT2D eigenvalue weighted by atomic mass is 16.6. The van der Waals surface area contributed by atoms with E-state index in [1.165, 1.54) is 6.92 Å². The molecular weight excluding hydrogens is 284 g/mol. The van der Waals surface area contributed by atoms with Gasteiger partial charge in [0.1, 0.15) is 11.5 Å². The standard InChI is InChI=1S/C17H16O5/c1-9-8-11(17(3)15(19)14(18)16(20)22-17)5-6-12(9)13-7-4-10(2)21-13/h4-8,18-19H,1-3H3. The summed E-state index contributed by atoms with van der Waals surface area (Å²) in [5.41, 5.74) is 1.02. The highest BCUT2D eigenvalue weighted by molar-refractivity contribution is 5.90. The van der Waals surface area contributed by atoms with E-state index >= 15 is 0 Å². The van der Waals surface area contributed by atoms with Gasteiger partial charge in [-0.3, -0.25) is 0 Å². The number of aliphatic hydroxyl groups excluding tert-OH is 2. The zero-order chi connectivity index (χ0) is 16.1. The van der Waals surface area contributed by atoms with E-state index < -0.39 is 23.1 Å². The predicted molar refractivity (Wildman–Crippen MR) is 79.3 cm³/mol. The third-order valence-corrected chi connectivity index (χ3v) is 3.95. The maximum Gasteiger partial charge on any atom is 0.378 e. The Morgan fingerprint density at radius 3 is 2.32 bits per heavy atom. The van der Waals surface area contributed by atoms with Gasteiger partial charge in [0.25, 0.3) is 0 Å². The fourth-order valence-corrected chi connectivity index (χ4v) is 2.62. The lowest BCUT2D eigenvalue weighted by atomic mass is 9.91. The van der Waals surface area contributed by atoms with Crippen molar-refractivity contribution in [3.8, 4) is 11.3 Å². The molecule has 0 bridgehead atoms. The van der Waals surface area contributed by atoms with Crippen molar-refractivity contribution in [3.63, 3.8) is 0 Å². The minimum atomic E-state index is -1.37. The fourth-order valence-electron chi connectivity index (χ4n) is 2.62. The van der Waals surface area contributed by atoms with Crippen molar-refractivity contribution in [3.05, 3.63) is 58.7 Å². The minimum Gasteiger partial charge on any atom is -0.505 e. The van der Waals surface area contributed by atoms with Crippen LogP contribution in [0.4, 0.5) is 0 Å². The van der Waals surface area contributed by atoms with Gasteiger partial charge in [0, 0.05) is 11.1 Å². The Morgan fingerprint density at radius 2 is 1.82 bits per heavy atom. The molecule has 0 aliphatic carbocycles. The summed E-state index contributed by atoms with van der Waals surface area (Å²) in [6.45, 7) is 5.31. The van der Waals surface area contributed by atoms with Gasteiger partial charge in [0.05, 0.1) is 0 Å². The van der Waals surface area contributed by atoms with E-state index in [1.807, 2.05) is 32.0 Å². The predicted octanol–water partition coefficient (Wildman–Crippen LogP) is 3.66. The number of hydrogen-bond acceptors (Lipinski definition) is 5. The van der Waals surface area contributed by atoms with Crippen molar-refractivity contribution in [2.75, 3.05) is 0 Å². The molecule has 1 aliphatic rings. The van der Waals surface area contributed by atoms with Gasteiger partial charge in [-0.1, -0.05) is 18.2 Å². The van der Waals surface area contributed by atoms with Crippen LogP contribution in [-0.2, 0) is 15.1 Å². The van der Waals surface area contributed by atoms with Gasteiger partial charge in [0.2, 0.25) is 5.76 Å². The number of carbonyl (C=O) groups is 1. The van der Waals surface area contributed by atoms with Gasteiger partial charge < -0.3 is 19.4 Å². The molecule has 2 N–H and O–H groups in total. The van der Waals surface area contributed by atoms with Crippen LogP contribution in [0, 0.1) is 13.8 Å². The summed E-state index contributed by atoms with van der Waals surface area (Å²) in [7, 11) is 0. The molecule has 1 aliphatic heterocycles. The largest absolute Gasteiger partial charge is 0.505 e. The molecule has 0 radical (unpaired) electrons. The van der Waals surface area contributed by atoms with E-state index in [2.05, 4.69) is 0 Å². The van der Waals surface area contributed by atoms with Crippen molar-refractivity contribution < 1.29 is 24.2 Å². The fraction of sp³-hybridized carbons (Fsp3) is 0.235. The first-order chi connectivity index (χ1) is 10.3. The number of cyclic esters (lactones) is 1. The van der Waals surface area contributed by atoms with Gasteiger partial charge in [-0.2, -0.15) is 0 Å². The van der Waals surface area contributed by atoms with Crippen LogP contribution < -0.4 is 0 Å². The quantitative estimate of drug-likeness (QED) is 0.827. The van der Waals surface area contributed by atoms with Crippen LogP contribution in [-0.4, -0.2) is 16.2 Å². The van der Waals surface area contributed by atoms with Gasteiger partial charge in [-0.15, -0.1) is 0 Å². The summed E-state index contributed by atoms with van der Waals surface area (Å²) in [6, 6.07) is 9.15. The molecule has 1 atom stereocenters. The maximum atomic E-state index is 11.4. The highest BCUT2D eigenvalue weighted by Crippen LogP contribution is 2.40. The second-order valence-electron chi connectivity index (χ2n) is 5.56. The molecule has 5 nitrogen and oxygen atoms in total. The number of aryl methyl sites for hydroxylation is 2. The number of esters is 1. The van der Waals surface area contributed by atoms with E-state index in [-0.39, 0.29) is 0 Å². The zero-order valence-electron chi connectivity index (χ0n) is 12.5. The number of ether oxygens (including phenoxy) is 1. The van der Waals surface area contributed by atoms with Gasteiger partial charge >= 0.3 is 5.97 Å². The Hall–Kier alpha value is -2.69. The summed E-state index contributed by atoms with van der Waals surface area (Å²) < 4.78 is 10.7. The molecule has 1 unspecified atom stereocenters. The van der Waals surface area contributed by atoms with E-state index in [0.29, 0.717) is 5.56 Å². The Morgan fingerprint density at radius 1 is 1.09 bits per heavy atom. The van der Waals surface area contributed by atoms with Gasteiger partial charge in [0.15, 0.2) is 11.4 Å². The van der Waals surface area contributed by atoms with Crippen LogP contribution in [0.3, 0.4) is 0 Å². The van der Waals surface area contributed by atoms with Crippen molar-refractivity contribution >= 4 is 5.97 Å². The molecular formula is C17H16O5. The third kappa shape index (κ3) is 1.97. The molecule has 1 aromatic heterocycles. The summed E-state index contributed by atoms with van der Waals surface area (Å²) in [5, 5.41) is 19.5. The Labute approximate surface area is 127 Å². The van der Waals surface area contributed by atoms with Crippen LogP contribution in [0.5, 0.6) is 0 Å². The summed E-state index contributed by atoms with van der Waals surface area (Å²) in [4.78, 5) is 11.4. The highest BCUT2D eigenvalue weighted by Gasteiger charge is 2.46. The molecule has 0 spiro atoms. The third-order valence-electron chi connectivity index (χ3n) is 3.95. The van der Waals surface area contributed by atoms with Crippen molar-refractivity contribution in [2.24, 2.45) is 0 Å². The average molecular weight is 300 g/mol. The SMILES string of the molecule is Cc1ccc(-c2ccc(C3(C)OC(=O)C(O)=C3O)cc2C)o1. The molecule has 0 amide bonds. The Bertz CT molecular complexity index is 799. The number of aliphatic hydroxyl groups is 2. The van der Waals surface area contributed by atoms with Crippen molar-refractivity contribution in [1.29, 1.82) is 0 Å². The first-order valence-electron chi connectivity index (χ1n) is 6.87. The maximum absolute atomic E-state index is 11.4. The van der Waals surface area contributed by atoms with Crippen molar-refractivity contribution in [1.82, 2.24) is 0 Å². The van der Waals surface area contributed by atoms with Crippen molar-refractivity contribution in [2.45, 2.75) is 26.4 Å². The molecule has 0 saturated heterocycles. The molecule has 22 heavy (non-hydrogen) atoms. The van der Waals surface area contributed by atoms with Crippen LogP contribution in [0.1, 0.15) is 23.8 Å². The Balaban J connectivity index is 2.05. The Kier molecular flexibility index (Phi) is 3.02. The zero-order valence-corrected chi connectivity index (χ0v) is 12.5. The molecule has 114 valence electrons. The number of benzene rings is 1. The number of rotatable bonds is 2. The number of carbonyl (C=O) groups excluding carboxylic acids is 1. The summed E-state index contributed by atoms with van der Waals surface area (Å²) >= 11 is 0. The lowest BCUT2D eigenvalue weighted by Gasteiger charge is -2.24. The molecule has 5 heteroatoms. The monoisotopic (exact) mass is 300 g/mol. The molecule has 0 saturated carbocycles. The van der Waals surface area contributed by atoms with Crippen LogP contribution in [0.2, 0.25) is 0 Å². The number of furan rings is 1.